The lowest BCUT2D eigenvalue weighted by Gasteiger charge is -2.36. The standard InChI is InChI=1S/C21H18F3N3O2/c22-21(23,24)18-17-15(14-9-5-6-10-16(14)25-17)11-12-27(18)20(29)26-19(28)13-7-3-1-2-4-8-13/h1-7,9-10,18,25H,8,11-12H2,(H,26,28,29). The van der Waals surface area contributed by atoms with Crippen molar-refractivity contribution in [3.63, 3.8) is 0 Å². The quantitative estimate of drug-likeness (QED) is 0.748. The van der Waals surface area contributed by atoms with Gasteiger partial charge in [0.25, 0.3) is 5.91 Å². The Morgan fingerprint density at radius 1 is 1.14 bits per heavy atom. The SMILES string of the molecule is O=C(NC(=O)N1CCc2c([nH]c3ccccc23)C1C(F)(F)F)C1=CC=CC=CC1. The number of fused-ring (bicyclic) bond motifs is 3. The van der Waals surface area contributed by atoms with Gasteiger partial charge in [-0.25, -0.2) is 4.79 Å². The predicted octanol–water partition coefficient (Wildman–Crippen LogP) is 4.31. The molecule has 1 aliphatic carbocycles. The topological polar surface area (TPSA) is 65.2 Å². The number of para-hydroxylation sites is 1. The Labute approximate surface area is 164 Å². The summed E-state index contributed by atoms with van der Waals surface area (Å²) in [4.78, 5) is 28.5. The zero-order chi connectivity index (χ0) is 20.6. The van der Waals surface area contributed by atoms with Gasteiger partial charge in [0.15, 0.2) is 6.04 Å². The van der Waals surface area contributed by atoms with Crippen molar-refractivity contribution in [1.29, 1.82) is 0 Å². The number of halogens is 3. The van der Waals surface area contributed by atoms with Crippen LogP contribution in [0.25, 0.3) is 10.9 Å². The van der Waals surface area contributed by atoms with E-state index < -0.39 is 24.2 Å². The summed E-state index contributed by atoms with van der Waals surface area (Å²) >= 11 is 0. The molecule has 1 atom stereocenters. The molecule has 1 aromatic carbocycles. The number of aromatic amines is 1. The lowest BCUT2D eigenvalue weighted by Crippen LogP contribution is -2.51. The maximum absolute atomic E-state index is 13.9. The monoisotopic (exact) mass is 401 g/mol. The average Bonchev–Trinajstić information content (AvgIpc) is 2.85. The Kier molecular flexibility index (Phi) is 4.77. The van der Waals surface area contributed by atoms with Gasteiger partial charge < -0.3 is 9.88 Å². The van der Waals surface area contributed by atoms with Gasteiger partial charge in [-0.1, -0.05) is 48.6 Å². The van der Waals surface area contributed by atoms with E-state index in [-0.39, 0.29) is 18.7 Å². The van der Waals surface area contributed by atoms with Crippen LogP contribution in [-0.4, -0.2) is 34.5 Å². The second-order valence-electron chi connectivity index (χ2n) is 6.92. The highest BCUT2D eigenvalue weighted by molar-refractivity contribution is 6.04. The van der Waals surface area contributed by atoms with Gasteiger partial charge in [-0.05, 0) is 24.5 Å². The van der Waals surface area contributed by atoms with E-state index in [1.54, 1.807) is 48.6 Å². The van der Waals surface area contributed by atoms with Gasteiger partial charge in [0, 0.05) is 23.0 Å². The summed E-state index contributed by atoms with van der Waals surface area (Å²) in [5.74, 6) is -0.699. The summed E-state index contributed by atoms with van der Waals surface area (Å²) in [6.07, 6.45) is 4.25. The minimum absolute atomic E-state index is 0.0490. The number of amides is 3. The summed E-state index contributed by atoms with van der Waals surface area (Å²) in [6.45, 7) is -0.142. The first-order chi connectivity index (χ1) is 13.9. The van der Waals surface area contributed by atoms with Gasteiger partial charge in [-0.15, -0.1) is 0 Å². The molecule has 0 saturated carbocycles. The number of H-pyrrole nitrogens is 1. The maximum atomic E-state index is 13.9. The van der Waals surface area contributed by atoms with Crippen LogP contribution < -0.4 is 5.32 Å². The molecule has 2 aliphatic rings. The van der Waals surface area contributed by atoms with E-state index in [9.17, 15) is 22.8 Å². The number of rotatable bonds is 1. The Hall–Kier alpha value is -3.29. The van der Waals surface area contributed by atoms with E-state index >= 15 is 0 Å². The van der Waals surface area contributed by atoms with Crippen molar-refractivity contribution in [2.45, 2.75) is 25.1 Å². The smallest absolute Gasteiger partial charge is 0.356 e. The number of hydrogen-bond donors (Lipinski definition) is 2. The molecule has 1 unspecified atom stereocenters. The van der Waals surface area contributed by atoms with Crippen LogP contribution in [0.3, 0.4) is 0 Å². The summed E-state index contributed by atoms with van der Waals surface area (Å²) < 4.78 is 41.8. The van der Waals surface area contributed by atoms with Crippen LogP contribution in [-0.2, 0) is 11.2 Å². The molecule has 150 valence electrons. The molecule has 1 aromatic heterocycles. The van der Waals surface area contributed by atoms with Gasteiger partial charge in [0.2, 0.25) is 0 Å². The molecule has 2 N–H and O–H groups in total. The lowest BCUT2D eigenvalue weighted by molar-refractivity contribution is -0.181. The molecule has 0 saturated heterocycles. The highest BCUT2D eigenvalue weighted by atomic mass is 19.4. The highest BCUT2D eigenvalue weighted by Crippen LogP contribution is 2.43. The van der Waals surface area contributed by atoms with Crippen LogP contribution >= 0.6 is 0 Å². The van der Waals surface area contributed by atoms with Crippen LogP contribution in [0.1, 0.15) is 23.7 Å². The summed E-state index contributed by atoms with van der Waals surface area (Å²) in [5.41, 5.74) is 1.40. The average molecular weight is 401 g/mol. The predicted molar refractivity (Wildman–Crippen MR) is 102 cm³/mol. The molecule has 3 amide bonds. The molecule has 0 spiro atoms. The molecule has 2 heterocycles. The van der Waals surface area contributed by atoms with Gasteiger partial charge in [-0.2, -0.15) is 13.2 Å². The number of nitrogens with zero attached hydrogens (tertiary/aromatic N) is 1. The first-order valence-corrected chi connectivity index (χ1v) is 9.17. The van der Waals surface area contributed by atoms with Gasteiger partial charge in [-0.3, -0.25) is 10.1 Å². The molecular weight excluding hydrogens is 383 g/mol. The number of allylic oxidation sites excluding steroid dienone is 5. The first-order valence-electron chi connectivity index (χ1n) is 9.17. The van der Waals surface area contributed by atoms with Gasteiger partial charge in [0.05, 0.1) is 5.69 Å². The molecule has 0 bridgehead atoms. The van der Waals surface area contributed by atoms with Crippen molar-refractivity contribution in [1.82, 2.24) is 15.2 Å². The van der Waals surface area contributed by atoms with E-state index in [1.165, 1.54) is 6.08 Å². The van der Waals surface area contributed by atoms with Gasteiger partial charge >= 0.3 is 12.2 Å². The van der Waals surface area contributed by atoms with E-state index in [0.717, 1.165) is 5.39 Å². The minimum atomic E-state index is -4.69. The fourth-order valence-corrected chi connectivity index (χ4v) is 3.80. The minimum Gasteiger partial charge on any atom is -0.356 e. The Bertz CT molecular complexity index is 1060. The molecule has 2 aromatic rings. The van der Waals surface area contributed by atoms with E-state index in [0.29, 0.717) is 28.0 Å². The van der Waals surface area contributed by atoms with Crippen LogP contribution in [0, 0.1) is 0 Å². The number of benzene rings is 1. The second-order valence-corrected chi connectivity index (χ2v) is 6.92. The molecule has 1 aliphatic heterocycles. The summed E-state index contributed by atoms with van der Waals surface area (Å²) in [5, 5.41) is 2.83. The van der Waals surface area contributed by atoms with E-state index in [4.69, 9.17) is 0 Å². The van der Waals surface area contributed by atoms with Crippen LogP contribution in [0.2, 0.25) is 0 Å². The molecule has 8 heteroatoms. The number of alkyl halides is 3. The largest absolute Gasteiger partial charge is 0.414 e. The molecule has 0 fully saturated rings. The third-order valence-corrected chi connectivity index (χ3v) is 5.11. The lowest BCUT2D eigenvalue weighted by atomic mass is 9.97. The third-order valence-electron chi connectivity index (χ3n) is 5.11. The molecular formula is C21H18F3N3O2. The molecule has 29 heavy (non-hydrogen) atoms. The number of hydrogen-bond acceptors (Lipinski definition) is 2. The van der Waals surface area contributed by atoms with Crippen molar-refractivity contribution >= 4 is 22.8 Å². The number of aromatic nitrogens is 1. The fourth-order valence-electron chi connectivity index (χ4n) is 3.80. The van der Waals surface area contributed by atoms with E-state index in [2.05, 4.69) is 10.3 Å². The van der Waals surface area contributed by atoms with Gasteiger partial charge in [0.1, 0.15) is 0 Å². The van der Waals surface area contributed by atoms with Crippen molar-refractivity contribution in [2.24, 2.45) is 0 Å². The number of nitrogens with one attached hydrogen (secondary N) is 2. The molecule has 0 radical (unpaired) electrons. The van der Waals surface area contributed by atoms with E-state index in [1.807, 2.05) is 0 Å². The third kappa shape index (κ3) is 3.57. The fraction of sp³-hybridized carbons (Fsp3) is 0.238. The number of carbonyl (C=O) groups is 2. The van der Waals surface area contributed by atoms with Crippen LogP contribution in [0.4, 0.5) is 18.0 Å². The maximum Gasteiger partial charge on any atom is 0.414 e. The van der Waals surface area contributed by atoms with Crippen LogP contribution in [0.15, 0.2) is 60.2 Å². The molecule has 4 rings (SSSR count). The number of carbonyl (C=O) groups excluding carboxylic acids is 2. The Balaban J connectivity index is 1.64. The normalized spacial score (nSPS) is 18.9. The highest BCUT2D eigenvalue weighted by Gasteiger charge is 2.50. The van der Waals surface area contributed by atoms with Crippen molar-refractivity contribution in [3.05, 3.63) is 71.5 Å². The second kappa shape index (κ2) is 7.27. The zero-order valence-electron chi connectivity index (χ0n) is 15.3. The van der Waals surface area contributed by atoms with Crippen molar-refractivity contribution in [2.75, 3.05) is 6.54 Å². The first kappa shape index (κ1) is 19.0. The molecule has 5 nitrogen and oxygen atoms in total. The Morgan fingerprint density at radius 2 is 1.93 bits per heavy atom. The summed E-state index contributed by atoms with van der Waals surface area (Å²) in [6, 6.07) is 3.76. The number of urea groups is 1. The number of imide groups is 1. The zero-order valence-corrected chi connectivity index (χ0v) is 15.3. The van der Waals surface area contributed by atoms with Crippen molar-refractivity contribution in [3.8, 4) is 0 Å². The summed E-state index contributed by atoms with van der Waals surface area (Å²) in [7, 11) is 0. The van der Waals surface area contributed by atoms with Crippen LogP contribution in [0.5, 0.6) is 0 Å². The van der Waals surface area contributed by atoms with Crippen molar-refractivity contribution < 1.29 is 22.8 Å². The Morgan fingerprint density at radius 3 is 2.72 bits per heavy atom.